The molecule has 7 heteroatoms. The van der Waals surface area contributed by atoms with E-state index in [0.29, 0.717) is 18.3 Å². The molecule has 1 N–H and O–H groups in total. The molecule has 3 rings (SSSR count). The number of nitro groups is 1. The van der Waals surface area contributed by atoms with Gasteiger partial charge in [-0.15, -0.1) is 0 Å². The number of para-hydroxylation sites is 1. The van der Waals surface area contributed by atoms with Gasteiger partial charge in [0.1, 0.15) is 12.4 Å². The number of ether oxygens (including phenoxy) is 1. The number of nitrogens with zero attached hydrogens (tertiary/aromatic N) is 3. The highest BCUT2D eigenvalue weighted by atomic mass is 16.6. The first-order chi connectivity index (χ1) is 11.8. The first-order valence-electron chi connectivity index (χ1n) is 8.02. The van der Waals surface area contributed by atoms with Gasteiger partial charge in [0, 0.05) is 12.3 Å². The Morgan fingerprint density at radius 2 is 2.04 bits per heavy atom. The SMILES string of the molecule is CC(C)(C)[C@H]1COC(c2ccccc2Nc2cc([N+](=O)[O-])ccn2)=N1. The maximum atomic E-state index is 10.9. The third-order valence-corrected chi connectivity index (χ3v) is 4.03. The van der Waals surface area contributed by atoms with Crippen LogP contribution in [0.25, 0.3) is 0 Å². The number of hydrogen-bond acceptors (Lipinski definition) is 6. The quantitative estimate of drug-likeness (QED) is 0.673. The molecule has 1 aliphatic heterocycles. The Bertz CT molecular complexity index is 827. The minimum Gasteiger partial charge on any atom is -0.475 e. The van der Waals surface area contributed by atoms with Crippen molar-refractivity contribution in [1.82, 2.24) is 4.98 Å². The maximum Gasteiger partial charge on any atom is 0.274 e. The van der Waals surface area contributed by atoms with Crippen LogP contribution in [0.1, 0.15) is 26.3 Å². The number of rotatable bonds is 4. The van der Waals surface area contributed by atoms with Crippen molar-refractivity contribution < 1.29 is 9.66 Å². The number of pyridine rings is 1. The fraction of sp³-hybridized carbons (Fsp3) is 0.333. The van der Waals surface area contributed by atoms with Crippen LogP contribution in [0.2, 0.25) is 0 Å². The predicted octanol–water partition coefficient (Wildman–Crippen LogP) is 3.92. The molecule has 25 heavy (non-hydrogen) atoms. The molecule has 0 fully saturated rings. The second-order valence-corrected chi connectivity index (χ2v) is 6.95. The summed E-state index contributed by atoms with van der Waals surface area (Å²) in [6.07, 6.45) is 1.41. The van der Waals surface area contributed by atoms with Gasteiger partial charge < -0.3 is 10.1 Å². The minimum atomic E-state index is -0.448. The minimum absolute atomic E-state index is 0.0164. The van der Waals surface area contributed by atoms with Crippen molar-refractivity contribution in [2.45, 2.75) is 26.8 Å². The highest BCUT2D eigenvalue weighted by molar-refractivity contribution is 6.01. The summed E-state index contributed by atoms with van der Waals surface area (Å²) in [6, 6.07) is 10.4. The van der Waals surface area contributed by atoms with Crippen molar-refractivity contribution in [3.05, 3.63) is 58.3 Å². The first kappa shape index (κ1) is 16.9. The van der Waals surface area contributed by atoms with Crippen LogP contribution in [-0.4, -0.2) is 28.5 Å². The van der Waals surface area contributed by atoms with Crippen LogP contribution >= 0.6 is 0 Å². The molecular formula is C18H20N4O3. The Hall–Kier alpha value is -2.96. The Labute approximate surface area is 145 Å². The normalized spacial score (nSPS) is 16.9. The smallest absolute Gasteiger partial charge is 0.274 e. The molecule has 130 valence electrons. The number of hydrogen-bond donors (Lipinski definition) is 1. The molecular weight excluding hydrogens is 320 g/mol. The van der Waals surface area contributed by atoms with Crippen molar-refractivity contribution in [2.24, 2.45) is 10.4 Å². The summed E-state index contributed by atoms with van der Waals surface area (Å²) in [4.78, 5) is 19.3. The Morgan fingerprint density at radius 1 is 1.28 bits per heavy atom. The fourth-order valence-corrected chi connectivity index (χ4v) is 2.48. The second kappa shape index (κ2) is 6.51. The molecule has 0 saturated heterocycles. The van der Waals surface area contributed by atoms with Gasteiger partial charge in [0.15, 0.2) is 0 Å². The lowest BCUT2D eigenvalue weighted by Crippen LogP contribution is -2.25. The lowest BCUT2D eigenvalue weighted by Gasteiger charge is -2.21. The topological polar surface area (TPSA) is 89.6 Å². The van der Waals surface area contributed by atoms with Gasteiger partial charge in [0.25, 0.3) is 5.69 Å². The molecule has 0 saturated carbocycles. The highest BCUT2D eigenvalue weighted by Gasteiger charge is 2.31. The zero-order valence-corrected chi connectivity index (χ0v) is 14.4. The van der Waals surface area contributed by atoms with Crippen molar-refractivity contribution in [3.63, 3.8) is 0 Å². The van der Waals surface area contributed by atoms with E-state index in [-0.39, 0.29) is 17.1 Å². The number of benzene rings is 1. The Balaban J connectivity index is 1.90. The van der Waals surface area contributed by atoms with E-state index in [9.17, 15) is 10.1 Å². The third-order valence-electron chi connectivity index (χ3n) is 4.03. The molecule has 0 radical (unpaired) electrons. The Kier molecular flexibility index (Phi) is 4.39. The van der Waals surface area contributed by atoms with Crippen molar-refractivity contribution in [2.75, 3.05) is 11.9 Å². The molecule has 0 amide bonds. The summed E-state index contributed by atoms with van der Waals surface area (Å²) in [5.74, 6) is 0.973. The second-order valence-electron chi connectivity index (χ2n) is 6.95. The molecule has 2 heterocycles. The van der Waals surface area contributed by atoms with Gasteiger partial charge in [0.2, 0.25) is 5.90 Å². The summed E-state index contributed by atoms with van der Waals surface area (Å²) < 4.78 is 5.80. The largest absolute Gasteiger partial charge is 0.475 e. The zero-order valence-electron chi connectivity index (χ0n) is 14.4. The van der Waals surface area contributed by atoms with Crippen LogP contribution in [0.15, 0.2) is 47.6 Å². The highest BCUT2D eigenvalue weighted by Crippen LogP contribution is 2.30. The standard InChI is InChI=1S/C18H20N4O3/c1-18(2,3)15-11-25-17(21-15)13-6-4-5-7-14(13)20-16-10-12(22(23)24)8-9-19-16/h4-10,15H,11H2,1-3H3,(H,19,20)/t15-/m1/s1. The molecule has 1 aromatic carbocycles. The first-order valence-corrected chi connectivity index (χ1v) is 8.02. The summed E-state index contributed by atoms with van der Waals surface area (Å²) in [5.41, 5.74) is 1.55. The van der Waals surface area contributed by atoms with Gasteiger partial charge in [-0.05, 0) is 17.5 Å². The van der Waals surface area contributed by atoms with Crippen LogP contribution < -0.4 is 5.32 Å². The van der Waals surface area contributed by atoms with Crippen LogP contribution in [0.3, 0.4) is 0 Å². The summed E-state index contributed by atoms with van der Waals surface area (Å²) >= 11 is 0. The molecule has 0 unspecified atom stereocenters. The number of anilines is 2. The summed E-state index contributed by atoms with van der Waals surface area (Å²) in [5, 5.41) is 14.0. The Morgan fingerprint density at radius 3 is 2.72 bits per heavy atom. The third kappa shape index (κ3) is 3.76. The molecule has 0 aliphatic carbocycles. The molecule has 7 nitrogen and oxygen atoms in total. The van der Waals surface area contributed by atoms with Crippen molar-refractivity contribution in [3.8, 4) is 0 Å². The molecule has 1 aromatic heterocycles. The van der Waals surface area contributed by atoms with Crippen LogP contribution in [0, 0.1) is 15.5 Å². The maximum absolute atomic E-state index is 10.9. The monoisotopic (exact) mass is 340 g/mol. The molecule has 0 bridgehead atoms. The van der Waals surface area contributed by atoms with E-state index in [2.05, 4.69) is 31.1 Å². The van der Waals surface area contributed by atoms with E-state index < -0.39 is 4.92 Å². The zero-order chi connectivity index (χ0) is 18.0. The average molecular weight is 340 g/mol. The van der Waals surface area contributed by atoms with Gasteiger partial charge in [-0.25, -0.2) is 9.98 Å². The van der Waals surface area contributed by atoms with E-state index in [4.69, 9.17) is 9.73 Å². The van der Waals surface area contributed by atoms with Gasteiger partial charge in [0.05, 0.1) is 28.3 Å². The molecule has 0 spiro atoms. The van der Waals surface area contributed by atoms with E-state index in [1.807, 2.05) is 24.3 Å². The van der Waals surface area contributed by atoms with Crippen LogP contribution in [-0.2, 0) is 4.74 Å². The molecule has 2 aromatic rings. The van der Waals surface area contributed by atoms with Crippen molar-refractivity contribution >= 4 is 23.1 Å². The number of nitrogens with one attached hydrogen (secondary N) is 1. The van der Waals surface area contributed by atoms with E-state index in [1.165, 1.54) is 18.3 Å². The van der Waals surface area contributed by atoms with Crippen LogP contribution in [0.5, 0.6) is 0 Å². The van der Waals surface area contributed by atoms with E-state index >= 15 is 0 Å². The lowest BCUT2D eigenvalue weighted by molar-refractivity contribution is -0.384. The predicted molar refractivity (Wildman–Crippen MR) is 96.3 cm³/mol. The van der Waals surface area contributed by atoms with E-state index in [0.717, 1.165) is 11.3 Å². The molecule has 1 aliphatic rings. The number of aromatic nitrogens is 1. The lowest BCUT2D eigenvalue weighted by atomic mass is 9.88. The van der Waals surface area contributed by atoms with Gasteiger partial charge >= 0.3 is 0 Å². The summed E-state index contributed by atoms with van der Waals surface area (Å²) in [6.45, 7) is 6.93. The molecule has 1 atom stereocenters. The average Bonchev–Trinajstić information content (AvgIpc) is 3.06. The van der Waals surface area contributed by atoms with Gasteiger partial charge in [-0.3, -0.25) is 10.1 Å². The van der Waals surface area contributed by atoms with E-state index in [1.54, 1.807) is 0 Å². The fourth-order valence-electron chi connectivity index (χ4n) is 2.48. The number of aliphatic imine (C=N–C) groups is 1. The summed E-state index contributed by atoms with van der Waals surface area (Å²) in [7, 11) is 0. The van der Waals surface area contributed by atoms with Crippen molar-refractivity contribution in [1.29, 1.82) is 0 Å². The van der Waals surface area contributed by atoms with Gasteiger partial charge in [-0.2, -0.15) is 0 Å². The van der Waals surface area contributed by atoms with Gasteiger partial charge in [-0.1, -0.05) is 32.9 Å². The van der Waals surface area contributed by atoms with Crippen LogP contribution in [0.4, 0.5) is 17.2 Å².